The molecule has 0 aromatic carbocycles. The molecule has 0 aliphatic carbocycles. The quantitative estimate of drug-likeness (QED) is 0.535. The molecule has 0 spiro atoms. The van der Waals surface area contributed by atoms with Crippen LogP contribution in [0.1, 0.15) is 80.8 Å². The SMILES string of the molecule is CCCCCCCCCCCc1cccnc1C(=O)NCC(=O)O. The third-order valence-electron chi connectivity index (χ3n) is 4.06. The number of aromatic nitrogens is 1. The highest BCUT2D eigenvalue weighted by Crippen LogP contribution is 2.13. The summed E-state index contributed by atoms with van der Waals surface area (Å²) in [5, 5.41) is 11.0. The molecule has 1 amide bonds. The average molecular weight is 334 g/mol. The third-order valence-corrected chi connectivity index (χ3v) is 4.06. The molecule has 5 heteroatoms. The molecule has 0 aliphatic rings. The maximum Gasteiger partial charge on any atom is 0.322 e. The highest BCUT2D eigenvalue weighted by atomic mass is 16.4. The van der Waals surface area contributed by atoms with Gasteiger partial charge in [-0.2, -0.15) is 0 Å². The van der Waals surface area contributed by atoms with E-state index in [9.17, 15) is 9.59 Å². The molecule has 0 radical (unpaired) electrons. The second kappa shape index (κ2) is 12.5. The Bertz CT molecular complexity index is 503. The molecule has 0 fully saturated rings. The minimum absolute atomic E-state index is 0.346. The topological polar surface area (TPSA) is 79.3 Å². The fraction of sp³-hybridized carbons (Fsp3) is 0.632. The van der Waals surface area contributed by atoms with Crippen molar-refractivity contribution in [3.8, 4) is 0 Å². The predicted molar refractivity (Wildman–Crippen MR) is 95.1 cm³/mol. The van der Waals surface area contributed by atoms with Gasteiger partial charge in [-0.1, -0.05) is 64.4 Å². The standard InChI is InChI=1S/C19H30N2O3/c1-2-3-4-5-6-7-8-9-10-12-16-13-11-14-20-18(16)19(24)21-15-17(22)23/h11,13-14H,2-10,12,15H2,1H3,(H,21,24)(H,22,23). The Hall–Kier alpha value is -1.91. The summed E-state index contributed by atoms with van der Waals surface area (Å²) in [6.45, 7) is 1.85. The lowest BCUT2D eigenvalue weighted by Crippen LogP contribution is -2.30. The van der Waals surface area contributed by atoms with E-state index in [1.54, 1.807) is 6.20 Å². The van der Waals surface area contributed by atoms with Gasteiger partial charge in [0.1, 0.15) is 12.2 Å². The lowest BCUT2D eigenvalue weighted by molar-refractivity contribution is -0.135. The fourth-order valence-electron chi connectivity index (χ4n) is 2.71. The number of unbranched alkanes of at least 4 members (excludes halogenated alkanes) is 8. The Balaban J connectivity index is 2.27. The van der Waals surface area contributed by atoms with Crippen LogP contribution in [0.4, 0.5) is 0 Å². The van der Waals surface area contributed by atoms with E-state index in [0.29, 0.717) is 5.69 Å². The Labute approximate surface area is 144 Å². The molecule has 1 heterocycles. The normalized spacial score (nSPS) is 10.5. The van der Waals surface area contributed by atoms with Gasteiger partial charge in [-0.05, 0) is 24.5 Å². The minimum Gasteiger partial charge on any atom is -0.480 e. The van der Waals surface area contributed by atoms with E-state index in [-0.39, 0.29) is 6.54 Å². The minimum atomic E-state index is -1.06. The highest BCUT2D eigenvalue weighted by Gasteiger charge is 2.13. The summed E-state index contributed by atoms with van der Waals surface area (Å²) < 4.78 is 0. The summed E-state index contributed by atoms with van der Waals surface area (Å²) in [7, 11) is 0. The second-order valence-corrected chi connectivity index (χ2v) is 6.17. The third kappa shape index (κ3) is 8.65. The van der Waals surface area contributed by atoms with Crippen molar-refractivity contribution in [3.63, 3.8) is 0 Å². The van der Waals surface area contributed by atoms with Crippen molar-refractivity contribution < 1.29 is 14.7 Å². The largest absolute Gasteiger partial charge is 0.480 e. The van der Waals surface area contributed by atoms with Crippen molar-refractivity contribution in [3.05, 3.63) is 29.6 Å². The average Bonchev–Trinajstić information content (AvgIpc) is 2.58. The number of carbonyl (C=O) groups is 2. The number of nitrogens with zero attached hydrogens (tertiary/aromatic N) is 1. The van der Waals surface area contributed by atoms with Crippen LogP contribution < -0.4 is 5.32 Å². The molecule has 1 rings (SSSR count). The molecule has 0 saturated heterocycles. The number of hydrogen-bond donors (Lipinski definition) is 2. The summed E-state index contributed by atoms with van der Waals surface area (Å²) in [5.41, 5.74) is 1.24. The smallest absolute Gasteiger partial charge is 0.322 e. The highest BCUT2D eigenvalue weighted by molar-refractivity contribution is 5.95. The van der Waals surface area contributed by atoms with E-state index in [1.807, 2.05) is 12.1 Å². The van der Waals surface area contributed by atoms with E-state index >= 15 is 0 Å². The summed E-state index contributed by atoms with van der Waals surface area (Å²) in [5.74, 6) is -1.47. The van der Waals surface area contributed by atoms with Gasteiger partial charge in [-0.15, -0.1) is 0 Å². The number of amides is 1. The number of pyridine rings is 1. The summed E-state index contributed by atoms with van der Waals surface area (Å²) >= 11 is 0. The van der Waals surface area contributed by atoms with E-state index < -0.39 is 11.9 Å². The van der Waals surface area contributed by atoms with Crippen molar-refractivity contribution in [1.82, 2.24) is 10.3 Å². The number of carboxylic acids is 1. The van der Waals surface area contributed by atoms with Crippen molar-refractivity contribution in [1.29, 1.82) is 0 Å². The molecule has 5 nitrogen and oxygen atoms in total. The lowest BCUT2D eigenvalue weighted by Gasteiger charge is -2.08. The van der Waals surface area contributed by atoms with Crippen LogP contribution in [-0.2, 0) is 11.2 Å². The first-order chi connectivity index (χ1) is 11.6. The summed E-state index contributed by atoms with van der Waals surface area (Å²) in [6, 6.07) is 3.71. The maximum atomic E-state index is 12.0. The molecule has 1 aromatic rings. The van der Waals surface area contributed by atoms with E-state index in [4.69, 9.17) is 5.11 Å². The van der Waals surface area contributed by atoms with Crippen molar-refractivity contribution in [2.24, 2.45) is 0 Å². The van der Waals surface area contributed by atoms with Crippen LogP contribution in [0.25, 0.3) is 0 Å². The van der Waals surface area contributed by atoms with Crippen molar-refractivity contribution >= 4 is 11.9 Å². The van der Waals surface area contributed by atoms with Gasteiger partial charge in [0.15, 0.2) is 0 Å². The molecular weight excluding hydrogens is 304 g/mol. The van der Waals surface area contributed by atoms with Crippen LogP contribution in [0.5, 0.6) is 0 Å². The van der Waals surface area contributed by atoms with Gasteiger partial charge in [0.25, 0.3) is 5.91 Å². The molecule has 24 heavy (non-hydrogen) atoms. The van der Waals surface area contributed by atoms with Gasteiger partial charge < -0.3 is 10.4 Å². The van der Waals surface area contributed by atoms with Crippen LogP contribution in [0.3, 0.4) is 0 Å². The predicted octanol–water partition coefficient (Wildman–Crippen LogP) is 3.97. The summed E-state index contributed by atoms with van der Waals surface area (Å²) in [4.78, 5) is 26.6. The molecular formula is C19H30N2O3. The first-order valence-corrected chi connectivity index (χ1v) is 9.09. The van der Waals surface area contributed by atoms with Gasteiger partial charge in [0.2, 0.25) is 0 Å². The van der Waals surface area contributed by atoms with E-state index in [1.165, 1.54) is 44.9 Å². The van der Waals surface area contributed by atoms with Crippen molar-refractivity contribution in [2.45, 2.75) is 71.1 Å². The first kappa shape index (κ1) is 20.1. The van der Waals surface area contributed by atoms with Gasteiger partial charge in [-0.25, -0.2) is 0 Å². The number of rotatable bonds is 13. The van der Waals surface area contributed by atoms with Gasteiger partial charge in [-0.3, -0.25) is 14.6 Å². The fourth-order valence-corrected chi connectivity index (χ4v) is 2.71. The number of aliphatic carboxylic acids is 1. The Morgan fingerprint density at radius 3 is 2.29 bits per heavy atom. The number of aryl methyl sites for hydroxylation is 1. The van der Waals surface area contributed by atoms with Crippen LogP contribution >= 0.6 is 0 Å². The monoisotopic (exact) mass is 334 g/mol. The Morgan fingerprint density at radius 1 is 1.04 bits per heavy atom. The number of carboxylic acid groups (broad SMARTS) is 1. The van der Waals surface area contributed by atoms with Gasteiger partial charge in [0.05, 0.1) is 0 Å². The Morgan fingerprint density at radius 2 is 1.67 bits per heavy atom. The molecule has 0 aliphatic heterocycles. The molecule has 134 valence electrons. The molecule has 1 aromatic heterocycles. The maximum absolute atomic E-state index is 12.0. The summed E-state index contributed by atoms with van der Waals surface area (Å²) in [6.07, 6.45) is 13.7. The Kier molecular flexibility index (Phi) is 10.5. The van der Waals surface area contributed by atoms with Crippen LogP contribution in [0.2, 0.25) is 0 Å². The molecule has 2 N–H and O–H groups in total. The molecule has 0 atom stereocenters. The zero-order valence-electron chi connectivity index (χ0n) is 14.7. The number of hydrogen-bond acceptors (Lipinski definition) is 3. The van der Waals surface area contributed by atoms with Crippen LogP contribution in [0.15, 0.2) is 18.3 Å². The van der Waals surface area contributed by atoms with Gasteiger partial charge >= 0.3 is 5.97 Å². The van der Waals surface area contributed by atoms with Crippen LogP contribution in [0, 0.1) is 0 Å². The first-order valence-electron chi connectivity index (χ1n) is 9.09. The van der Waals surface area contributed by atoms with E-state index in [2.05, 4.69) is 17.2 Å². The molecule has 0 bridgehead atoms. The number of carbonyl (C=O) groups excluding carboxylic acids is 1. The molecule has 0 unspecified atom stereocenters. The second-order valence-electron chi connectivity index (χ2n) is 6.17. The van der Waals surface area contributed by atoms with Gasteiger partial charge in [0, 0.05) is 6.20 Å². The van der Waals surface area contributed by atoms with Crippen LogP contribution in [-0.4, -0.2) is 28.5 Å². The zero-order valence-corrected chi connectivity index (χ0v) is 14.7. The zero-order chi connectivity index (χ0) is 17.6. The lowest BCUT2D eigenvalue weighted by atomic mass is 10.0. The number of nitrogens with one attached hydrogen (secondary N) is 1. The van der Waals surface area contributed by atoms with Crippen molar-refractivity contribution in [2.75, 3.05) is 6.54 Å². The molecule has 0 saturated carbocycles. The van der Waals surface area contributed by atoms with E-state index in [0.717, 1.165) is 24.8 Å².